The van der Waals surface area contributed by atoms with Gasteiger partial charge in [0.1, 0.15) is 12.2 Å². The van der Waals surface area contributed by atoms with Gasteiger partial charge in [-0.1, -0.05) is 13.8 Å². The number of halogens is 3. The maximum atomic E-state index is 12.7. The molecule has 0 radical (unpaired) electrons. The van der Waals surface area contributed by atoms with Gasteiger partial charge in [0.25, 0.3) is 0 Å². The molecular formula is C21H27F3N4O5S. The molecular weight excluding hydrogens is 477 g/mol. The molecule has 4 rings (SSSR count). The number of rotatable bonds is 4. The molecule has 0 aromatic carbocycles. The zero-order valence-corrected chi connectivity index (χ0v) is 19.9. The van der Waals surface area contributed by atoms with Crippen LogP contribution in [0.15, 0.2) is 21.7 Å². The number of aryl methyl sites for hydroxylation is 1. The van der Waals surface area contributed by atoms with Crippen molar-refractivity contribution in [2.75, 3.05) is 13.1 Å². The Morgan fingerprint density at radius 3 is 2.50 bits per heavy atom. The van der Waals surface area contributed by atoms with Crippen molar-refractivity contribution in [2.24, 2.45) is 5.92 Å². The number of fused-ring (bicyclic) bond motifs is 1. The van der Waals surface area contributed by atoms with Gasteiger partial charge in [-0.25, -0.2) is 9.48 Å². The number of nitrogens with zero attached hydrogens (tertiary/aromatic N) is 4. The van der Waals surface area contributed by atoms with Crippen LogP contribution in [0.4, 0.5) is 13.2 Å². The Morgan fingerprint density at radius 1 is 1.26 bits per heavy atom. The van der Waals surface area contributed by atoms with Crippen LogP contribution in [-0.2, 0) is 35.8 Å². The summed E-state index contributed by atoms with van der Waals surface area (Å²) in [6.45, 7) is 9.85. The van der Waals surface area contributed by atoms with Gasteiger partial charge < -0.3 is 9.84 Å². The lowest BCUT2D eigenvalue weighted by Crippen LogP contribution is -2.53. The highest BCUT2D eigenvalue weighted by atomic mass is 32.1. The number of thiophene rings is 1. The zero-order chi connectivity index (χ0) is 25.3. The summed E-state index contributed by atoms with van der Waals surface area (Å²) < 4.78 is 40.8. The van der Waals surface area contributed by atoms with Crippen LogP contribution in [0, 0.1) is 12.8 Å². The number of aromatic nitrogens is 3. The first kappa shape index (κ1) is 26.1. The highest BCUT2D eigenvalue weighted by Crippen LogP contribution is 2.32. The van der Waals surface area contributed by atoms with Gasteiger partial charge in [0.2, 0.25) is 0 Å². The molecule has 2 aliphatic rings. The number of hydrogen-bond acceptors (Lipinski definition) is 7. The molecule has 0 saturated carbocycles. The van der Waals surface area contributed by atoms with Crippen molar-refractivity contribution in [1.82, 2.24) is 19.2 Å². The van der Waals surface area contributed by atoms with Crippen LogP contribution in [0.25, 0.3) is 0 Å². The molecule has 1 atom stereocenters. The van der Waals surface area contributed by atoms with Gasteiger partial charge in [-0.15, -0.1) is 11.3 Å². The SMILES string of the molecule is Cc1ccc(CN2CCC3(C2)Cn2c(nn(CC(C)C)c(=O)c2=O)CO3)s1.O=C(O)C(F)(F)F. The molecule has 34 heavy (non-hydrogen) atoms. The third-order valence-electron chi connectivity index (χ3n) is 5.52. The van der Waals surface area contributed by atoms with E-state index in [0.717, 1.165) is 26.1 Å². The lowest BCUT2D eigenvalue weighted by molar-refractivity contribution is -0.192. The Bertz CT molecular complexity index is 1160. The number of carbonyl (C=O) groups is 1. The molecule has 188 valence electrons. The molecule has 1 spiro atoms. The molecule has 9 nitrogen and oxygen atoms in total. The lowest BCUT2D eigenvalue weighted by atomic mass is 10.0. The number of carboxylic acids is 1. The minimum Gasteiger partial charge on any atom is -0.475 e. The molecule has 2 aromatic heterocycles. The van der Waals surface area contributed by atoms with Crippen molar-refractivity contribution in [3.05, 3.63) is 48.4 Å². The zero-order valence-electron chi connectivity index (χ0n) is 19.1. The summed E-state index contributed by atoms with van der Waals surface area (Å²) in [4.78, 5) is 39.0. The van der Waals surface area contributed by atoms with Crippen molar-refractivity contribution in [2.45, 2.75) is 65.2 Å². The van der Waals surface area contributed by atoms with Crippen LogP contribution in [0.2, 0.25) is 0 Å². The summed E-state index contributed by atoms with van der Waals surface area (Å²) in [5.41, 5.74) is -1.41. The van der Waals surface area contributed by atoms with Gasteiger partial charge in [-0.05, 0) is 31.4 Å². The van der Waals surface area contributed by atoms with E-state index >= 15 is 0 Å². The summed E-state index contributed by atoms with van der Waals surface area (Å²) in [6.07, 6.45) is -4.22. The monoisotopic (exact) mass is 504 g/mol. The third-order valence-corrected chi connectivity index (χ3v) is 6.50. The van der Waals surface area contributed by atoms with Gasteiger partial charge in [0.05, 0.1) is 6.54 Å². The van der Waals surface area contributed by atoms with Crippen LogP contribution in [0.5, 0.6) is 0 Å². The van der Waals surface area contributed by atoms with Crippen molar-refractivity contribution in [3.63, 3.8) is 0 Å². The van der Waals surface area contributed by atoms with Gasteiger partial charge in [-0.3, -0.25) is 19.1 Å². The Balaban J connectivity index is 0.000000406. The van der Waals surface area contributed by atoms with E-state index in [1.54, 1.807) is 4.57 Å². The second-order valence-corrected chi connectivity index (χ2v) is 10.3. The third kappa shape index (κ3) is 6.13. The lowest BCUT2D eigenvalue weighted by Gasteiger charge is -2.35. The Labute approximate surface area is 197 Å². The maximum Gasteiger partial charge on any atom is 0.490 e. The van der Waals surface area contributed by atoms with E-state index < -0.39 is 28.9 Å². The molecule has 0 aliphatic carbocycles. The molecule has 2 aliphatic heterocycles. The van der Waals surface area contributed by atoms with E-state index in [-0.39, 0.29) is 12.5 Å². The smallest absolute Gasteiger partial charge is 0.475 e. The molecule has 4 heterocycles. The van der Waals surface area contributed by atoms with Crippen LogP contribution < -0.4 is 11.1 Å². The van der Waals surface area contributed by atoms with Crippen molar-refractivity contribution >= 4 is 17.3 Å². The fourth-order valence-electron chi connectivity index (χ4n) is 3.97. The Kier molecular flexibility index (Phi) is 7.68. The quantitative estimate of drug-likeness (QED) is 0.637. The first-order chi connectivity index (χ1) is 15.8. The molecule has 13 heteroatoms. The molecule has 0 bridgehead atoms. The number of ether oxygens (including phenoxy) is 1. The molecule has 0 amide bonds. The fraction of sp³-hybridized carbons (Fsp3) is 0.619. The number of carboxylic acid groups (broad SMARTS) is 1. The van der Waals surface area contributed by atoms with Crippen molar-refractivity contribution in [3.8, 4) is 0 Å². The average molecular weight is 505 g/mol. The van der Waals surface area contributed by atoms with Crippen LogP contribution in [0.1, 0.15) is 35.8 Å². The van der Waals surface area contributed by atoms with Crippen molar-refractivity contribution < 1.29 is 27.8 Å². The van der Waals surface area contributed by atoms with Gasteiger partial charge >= 0.3 is 23.3 Å². The Morgan fingerprint density at radius 2 is 1.94 bits per heavy atom. The van der Waals surface area contributed by atoms with E-state index in [1.807, 2.05) is 25.2 Å². The normalized spacial score (nSPS) is 20.3. The van der Waals surface area contributed by atoms with E-state index in [4.69, 9.17) is 14.6 Å². The number of alkyl halides is 3. The molecule has 1 fully saturated rings. The predicted molar refractivity (Wildman–Crippen MR) is 118 cm³/mol. The van der Waals surface area contributed by atoms with Crippen LogP contribution >= 0.6 is 11.3 Å². The van der Waals surface area contributed by atoms with E-state index in [1.165, 1.54) is 14.4 Å². The predicted octanol–water partition coefficient (Wildman–Crippen LogP) is 2.24. The molecule has 1 unspecified atom stereocenters. The minimum atomic E-state index is -5.08. The number of likely N-dealkylation sites (tertiary alicyclic amines) is 1. The first-order valence-electron chi connectivity index (χ1n) is 10.7. The van der Waals surface area contributed by atoms with E-state index in [9.17, 15) is 22.8 Å². The van der Waals surface area contributed by atoms with E-state index in [2.05, 4.69) is 29.1 Å². The highest BCUT2D eigenvalue weighted by molar-refractivity contribution is 7.11. The summed E-state index contributed by atoms with van der Waals surface area (Å²) >= 11 is 1.82. The highest BCUT2D eigenvalue weighted by Gasteiger charge is 2.43. The minimum absolute atomic E-state index is 0.248. The van der Waals surface area contributed by atoms with Gasteiger partial charge in [0.15, 0.2) is 5.82 Å². The number of hydrogen-bond donors (Lipinski definition) is 1. The fourth-order valence-corrected chi connectivity index (χ4v) is 4.91. The molecule has 1 saturated heterocycles. The second kappa shape index (κ2) is 10.0. The average Bonchev–Trinajstić information content (AvgIpc) is 3.32. The van der Waals surface area contributed by atoms with Crippen LogP contribution in [-0.4, -0.2) is 55.2 Å². The van der Waals surface area contributed by atoms with Gasteiger partial charge in [0, 0.05) is 35.9 Å². The van der Waals surface area contributed by atoms with Crippen LogP contribution in [0.3, 0.4) is 0 Å². The maximum absolute atomic E-state index is 12.7. The molecule has 2 aromatic rings. The summed E-state index contributed by atoms with van der Waals surface area (Å²) in [5, 5.41) is 11.5. The van der Waals surface area contributed by atoms with Crippen molar-refractivity contribution in [1.29, 1.82) is 0 Å². The van der Waals surface area contributed by atoms with Gasteiger partial charge in [-0.2, -0.15) is 18.3 Å². The summed E-state index contributed by atoms with van der Waals surface area (Å²) in [6, 6.07) is 4.32. The Hall–Kier alpha value is -2.51. The second-order valence-electron chi connectivity index (χ2n) is 8.94. The summed E-state index contributed by atoms with van der Waals surface area (Å²) in [7, 11) is 0. The number of aliphatic carboxylic acids is 1. The standard InChI is InChI=1S/C19H26N4O3S.C2HF3O2/c1-13(2)8-23-18(25)17(24)22-12-19(26-10-16(22)20-23)6-7-21(11-19)9-15-5-4-14(3)27-15;3-2(4,5)1(6)7/h4-5,13H,6-12H2,1-3H3;(H,6,7). The topological polar surface area (TPSA) is 107 Å². The first-order valence-corrected chi connectivity index (χ1v) is 11.5. The summed E-state index contributed by atoms with van der Waals surface area (Å²) in [5.74, 6) is -1.96. The van der Waals surface area contributed by atoms with E-state index in [0.29, 0.717) is 18.9 Å². The molecule has 1 N–H and O–H groups in total. The largest absolute Gasteiger partial charge is 0.490 e.